The minimum absolute atomic E-state index is 0.598. The van der Waals surface area contributed by atoms with Crippen LogP contribution >= 0.6 is 0 Å². The van der Waals surface area contributed by atoms with Crippen molar-refractivity contribution in [3.8, 4) is 11.5 Å². The molecule has 0 spiro atoms. The first-order valence-electron chi connectivity index (χ1n) is 4.17. The van der Waals surface area contributed by atoms with E-state index in [2.05, 4.69) is 9.97 Å². The van der Waals surface area contributed by atoms with Gasteiger partial charge in [-0.05, 0) is 6.07 Å². The van der Waals surface area contributed by atoms with Crippen LogP contribution in [0.5, 0.6) is 11.5 Å². The summed E-state index contributed by atoms with van der Waals surface area (Å²) in [6.45, 7) is 1.20. The van der Waals surface area contributed by atoms with Crippen molar-refractivity contribution in [2.24, 2.45) is 0 Å². The summed E-state index contributed by atoms with van der Waals surface area (Å²) in [5.41, 5.74) is 1.82. The van der Waals surface area contributed by atoms with E-state index in [4.69, 9.17) is 9.47 Å². The molecule has 0 aromatic carbocycles. The molecule has 66 valence electrons. The van der Waals surface area contributed by atoms with Gasteiger partial charge in [0.05, 0.1) is 11.7 Å². The van der Waals surface area contributed by atoms with Crippen LogP contribution < -0.4 is 9.47 Å². The lowest BCUT2D eigenvalue weighted by atomic mass is 10.3. The number of ether oxygens (including phenoxy) is 2. The third-order valence-electron chi connectivity index (χ3n) is 2.08. The zero-order chi connectivity index (χ0) is 8.67. The van der Waals surface area contributed by atoms with Crippen molar-refractivity contribution < 1.29 is 9.47 Å². The molecule has 13 heavy (non-hydrogen) atoms. The molecule has 0 amide bonds. The molecule has 1 N–H and O–H groups in total. The molecule has 0 radical (unpaired) electrons. The quantitative estimate of drug-likeness (QED) is 0.658. The normalized spacial score (nSPS) is 14.8. The summed E-state index contributed by atoms with van der Waals surface area (Å²) < 4.78 is 10.9. The third kappa shape index (κ3) is 0.884. The minimum atomic E-state index is 0.598. The van der Waals surface area contributed by atoms with E-state index in [0.717, 1.165) is 22.5 Å². The second-order valence-electron chi connectivity index (χ2n) is 2.89. The molecule has 0 bridgehead atoms. The van der Waals surface area contributed by atoms with Crippen molar-refractivity contribution >= 4 is 11.0 Å². The number of hydrogen-bond acceptors (Lipinski definition) is 3. The first-order valence-corrected chi connectivity index (χ1v) is 4.17. The lowest BCUT2D eigenvalue weighted by Crippen LogP contribution is -2.15. The van der Waals surface area contributed by atoms with E-state index < -0.39 is 0 Å². The lowest BCUT2D eigenvalue weighted by Gasteiger charge is -2.17. The Morgan fingerprint density at radius 2 is 2.23 bits per heavy atom. The molecular formula is C9H8N2O2. The molecule has 0 saturated heterocycles. The molecule has 3 heterocycles. The van der Waals surface area contributed by atoms with Crippen LogP contribution in [0.2, 0.25) is 0 Å². The van der Waals surface area contributed by atoms with Gasteiger partial charge in [-0.25, -0.2) is 0 Å². The highest BCUT2D eigenvalue weighted by molar-refractivity contribution is 5.84. The molecule has 2 aromatic rings. The average molecular weight is 176 g/mol. The van der Waals surface area contributed by atoms with E-state index in [0.29, 0.717) is 13.2 Å². The van der Waals surface area contributed by atoms with Crippen molar-refractivity contribution in [1.82, 2.24) is 9.97 Å². The van der Waals surface area contributed by atoms with Gasteiger partial charge in [0.15, 0.2) is 11.5 Å². The number of nitrogens with zero attached hydrogens (tertiary/aromatic N) is 1. The molecule has 0 saturated carbocycles. The maximum absolute atomic E-state index is 5.50. The van der Waals surface area contributed by atoms with Crippen LogP contribution in [-0.2, 0) is 0 Å². The number of hydrogen-bond donors (Lipinski definition) is 1. The van der Waals surface area contributed by atoms with Gasteiger partial charge in [-0.3, -0.25) is 4.98 Å². The summed E-state index contributed by atoms with van der Waals surface area (Å²) in [4.78, 5) is 7.30. The standard InChI is InChI=1S/C9H8N2O2/c1-2-10-8-6(1)11-5-7-9(8)13-4-3-12-7/h1-2,5,10H,3-4H2. The molecule has 0 aliphatic carbocycles. The zero-order valence-electron chi connectivity index (χ0n) is 6.91. The lowest BCUT2D eigenvalue weighted by molar-refractivity contribution is 0.173. The van der Waals surface area contributed by atoms with Gasteiger partial charge in [-0.1, -0.05) is 0 Å². The SMILES string of the molecule is c1cc2ncc3c(c2[nH]1)OCCO3. The fraction of sp³-hybridized carbons (Fsp3) is 0.222. The Morgan fingerprint density at radius 1 is 1.31 bits per heavy atom. The van der Waals surface area contributed by atoms with Crippen LogP contribution in [0.15, 0.2) is 18.5 Å². The van der Waals surface area contributed by atoms with Crippen molar-refractivity contribution in [3.63, 3.8) is 0 Å². The van der Waals surface area contributed by atoms with Crippen LogP contribution in [0.3, 0.4) is 0 Å². The summed E-state index contributed by atoms with van der Waals surface area (Å²) in [5.74, 6) is 1.50. The molecule has 4 nitrogen and oxygen atoms in total. The van der Waals surface area contributed by atoms with E-state index in [1.807, 2.05) is 12.3 Å². The minimum Gasteiger partial charge on any atom is -0.484 e. The number of nitrogens with one attached hydrogen (secondary N) is 1. The van der Waals surface area contributed by atoms with E-state index >= 15 is 0 Å². The number of rotatable bonds is 0. The highest BCUT2D eigenvalue weighted by Crippen LogP contribution is 2.34. The van der Waals surface area contributed by atoms with Crippen LogP contribution in [0.25, 0.3) is 11.0 Å². The largest absolute Gasteiger partial charge is 0.484 e. The Balaban J connectivity index is 2.34. The Bertz CT molecular complexity index is 450. The van der Waals surface area contributed by atoms with Crippen molar-refractivity contribution in [1.29, 1.82) is 0 Å². The van der Waals surface area contributed by atoms with Gasteiger partial charge in [0.2, 0.25) is 0 Å². The fourth-order valence-corrected chi connectivity index (χ4v) is 1.50. The molecule has 2 aromatic heterocycles. The van der Waals surface area contributed by atoms with Crippen molar-refractivity contribution in [2.75, 3.05) is 13.2 Å². The highest BCUT2D eigenvalue weighted by Gasteiger charge is 2.15. The predicted octanol–water partition coefficient (Wildman–Crippen LogP) is 1.33. The Kier molecular flexibility index (Phi) is 1.24. The van der Waals surface area contributed by atoms with Gasteiger partial charge in [-0.2, -0.15) is 0 Å². The molecule has 0 atom stereocenters. The summed E-state index contributed by atoms with van der Waals surface area (Å²) >= 11 is 0. The Labute approximate surface area is 74.5 Å². The van der Waals surface area contributed by atoms with E-state index in [1.54, 1.807) is 6.20 Å². The summed E-state index contributed by atoms with van der Waals surface area (Å²) in [6, 6.07) is 1.91. The van der Waals surface area contributed by atoms with Crippen molar-refractivity contribution in [2.45, 2.75) is 0 Å². The Hall–Kier alpha value is -1.71. The highest BCUT2D eigenvalue weighted by atomic mass is 16.6. The van der Waals surface area contributed by atoms with Gasteiger partial charge >= 0.3 is 0 Å². The monoisotopic (exact) mass is 176 g/mol. The molecular weight excluding hydrogens is 168 g/mol. The van der Waals surface area contributed by atoms with Crippen LogP contribution in [0.1, 0.15) is 0 Å². The van der Waals surface area contributed by atoms with Crippen LogP contribution in [0, 0.1) is 0 Å². The van der Waals surface area contributed by atoms with Crippen LogP contribution in [0.4, 0.5) is 0 Å². The summed E-state index contributed by atoms with van der Waals surface area (Å²) in [6.07, 6.45) is 3.54. The third-order valence-corrected chi connectivity index (χ3v) is 2.08. The van der Waals surface area contributed by atoms with Gasteiger partial charge in [-0.15, -0.1) is 0 Å². The second kappa shape index (κ2) is 2.39. The van der Waals surface area contributed by atoms with Gasteiger partial charge in [0.25, 0.3) is 0 Å². The molecule has 4 heteroatoms. The second-order valence-corrected chi connectivity index (χ2v) is 2.89. The number of pyridine rings is 1. The fourth-order valence-electron chi connectivity index (χ4n) is 1.50. The average Bonchev–Trinajstić information content (AvgIpc) is 2.65. The number of aromatic amines is 1. The smallest absolute Gasteiger partial charge is 0.188 e. The molecule has 0 unspecified atom stereocenters. The first-order chi connectivity index (χ1) is 6.45. The van der Waals surface area contributed by atoms with Crippen molar-refractivity contribution in [3.05, 3.63) is 18.5 Å². The molecule has 3 rings (SSSR count). The number of fused-ring (bicyclic) bond motifs is 3. The maximum atomic E-state index is 5.50. The summed E-state index contributed by atoms with van der Waals surface area (Å²) in [5, 5.41) is 0. The maximum Gasteiger partial charge on any atom is 0.188 e. The molecule has 1 aliphatic rings. The first kappa shape index (κ1) is 6.77. The number of aromatic nitrogens is 2. The molecule has 0 fully saturated rings. The van der Waals surface area contributed by atoms with E-state index in [9.17, 15) is 0 Å². The Morgan fingerprint density at radius 3 is 3.23 bits per heavy atom. The molecule has 1 aliphatic heterocycles. The van der Waals surface area contributed by atoms with Gasteiger partial charge in [0.1, 0.15) is 18.7 Å². The van der Waals surface area contributed by atoms with E-state index in [-0.39, 0.29) is 0 Å². The van der Waals surface area contributed by atoms with Gasteiger partial charge < -0.3 is 14.5 Å². The van der Waals surface area contributed by atoms with E-state index in [1.165, 1.54) is 0 Å². The predicted molar refractivity (Wildman–Crippen MR) is 47.1 cm³/mol. The topological polar surface area (TPSA) is 47.1 Å². The summed E-state index contributed by atoms with van der Waals surface area (Å²) in [7, 11) is 0. The van der Waals surface area contributed by atoms with Gasteiger partial charge in [0, 0.05) is 6.20 Å². The zero-order valence-corrected chi connectivity index (χ0v) is 6.91. The number of H-pyrrole nitrogens is 1. The van der Waals surface area contributed by atoms with Crippen LogP contribution in [-0.4, -0.2) is 23.2 Å².